The Morgan fingerprint density at radius 2 is 2.05 bits per heavy atom. The first-order valence-electron chi connectivity index (χ1n) is 6.14. The number of thiophene rings is 1. The summed E-state index contributed by atoms with van der Waals surface area (Å²) < 4.78 is 24.5. The number of alkyl halides is 2. The van der Waals surface area contributed by atoms with Crippen LogP contribution in [-0.4, -0.2) is 22.8 Å². The van der Waals surface area contributed by atoms with Crippen LogP contribution in [0.1, 0.15) is 4.88 Å². The number of thioether (sulfide) groups is 1. The van der Waals surface area contributed by atoms with E-state index in [-0.39, 0.29) is 0 Å². The SMILES string of the molecule is CN(Cc1cccs1)C(=S)Nc1ccc(SC(F)F)cc1. The van der Waals surface area contributed by atoms with E-state index in [1.54, 1.807) is 35.6 Å². The van der Waals surface area contributed by atoms with Crippen LogP contribution in [0.3, 0.4) is 0 Å². The Labute approximate surface area is 136 Å². The zero-order valence-corrected chi connectivity index (χ0v) is 13.7. The van der Waals surface area contributed by atoms with Gasteiger partial charge in [-0.25, -0.2) is 0 Å². The molecule has 0 spiro atoms. The minimum Gasteiger partial charge on any atom is -0.347 e. The number of anilines is 1. The predicted octanol–water partition coefficient (Wildman–Crippen LogP) is 4.89. The van der Waals surface area contributed by atoms with Crippen LogP contribution in [0.25, 0.3) is 0 Å². The molecule has 0 radical (unpaired) electrons. The third-order valence-electron chi connectivity index (χ3n) is 2.65. The fraction of sp³-hybridized carbons (Fsp3) is 0.214. The lowest BCUT2D eigenvalue weighted by molar-refractivity contribution is 0.252. The number of halogens is 2. The summed E-state index contributed by atoms with van der Waals surface area (Å²) in [5, 5.41) is 5.72. The van der Waals surface area contributed by atoms with Gasteiger partial charge in [0.25, 0.3) is 5.76 Å². The molecule has 21 heavy (non-hydrogen) atoms. The van der Waals surface area contributed by atoms with Crippen molar-refractivity contribution in [3.05, 3.63) is 46.7 Å². The van der Waals surface area contributed by atoms with Crippen LogP contribution in [0.2, 0.25) is 0 Å². The Balaban J connectivity index is 1.89. The summed E-state index contributed by atoms with van der Waals surface area (Å²) in [6.07, 6.45) is 0. The molecule has 0 saturated carbocycles. The molecule has 7 heteroatoms. The molecule has 0 aliphatic carbocycles. The number of hydrogen-bond donors (Lipinski definition) is 1. The third kappa shape index (κ3) is 5.26. The Morgan fingerprint density at radius 1 is 1.33 bits per heavy atom. The summed E-state index contributed by atoms with van der Waals surface area (Å²) in [6, 6.07) is 10.9. The third-order valence-corrected chi connectivity index (χ3v) is 4.65. The van der Waals surface area contributed by atoms with Gasteiger partial charge in [0.15, 0.2) is 5.11 Å². The van der Waals surface area contributed by atoms with Crippen LogP contribution >= 0.6 is 35.3 Å². The van der Waals surface area contributed by atoms with Crippen LogP contribution in [0.15, 0.2) is 46.7 Å². The molecule has 1 N–H and O–H groups in total. The molecule has 0 aliphatic rings. The van der Waals surface area contributed by atoms with Gasteiger partial charge in [0.05, 0.1) is 6.54 Å². The van der Waals surface area contributed by atoms with Gasteiger partial charge >= 0.3 is 0 Å². The van der Waals surface area contributed by atoms with Gasteiger partial charge in [-0.05, 0) is 47.9 Å². The highest BCUT2D eigenvalue weighted by Crippen LogP contribution is 2.26. The second-order valence-electron chi connectivity index (χ2n) is 4.27. The molecular weight excluding hydrogens is 330 g/mol. The molecule has 0 bridgehead atoms. The van der Waals surface area contributed by atoms with Crippen molar-refractivity contribution >= 4 is 46.1 Å². The number of rotatable bonds is 5. The van der Waals surface area contributed by atoms with Crippen molar-refractivity contribution in [1.29, 1.82) is 0 Å². The molecular formula is C14H14F2N2S3. The van der Waals surface area contributed by atoms with E-state index in [0.29, 0.717) is 21.8 Å². The van der Waals surface area contributed by atoms with Gasteiger partial charge < -0.3 is 10.2 Å². The molecule has 0 amide bonds. The molecule has 1 aromatic heterocycles. The maximum atomic E-state index is 12.2. The average Bonchev–Trinajstić information content (AvgIpc) is 2.93. The monoisotopic (exact) mass is 344 g/mol. The molecule has 1 heterocycles. The van der Waals surface area contributed by atoms with Crippen molar-refractivity contribution in [2.24, 2.45) is 0 Å². The summed E-state index contributed by atoms with van der Waals surface area (Å²) in [5.41, 5.74) is 0.789. The highest BCUT2D eigenvalue weighted by atomic mass is 32.2. The minimum absolute atomic E-state index is 0.532. The van der Waals surface area contributed by atoms with E-state index in [2.05, 4.69) is 11.4 Å². The predicted molar refractivity (Wildman–Crippen MR) is 90.3 cm³/mol. The topological polar surface area (TPSA) is 15.3 Å². The highest BCUT2D eigenvalue weighted by Gasteiger charge is 2.08. The van der Waals surface area contributed by atoms with E-state index in [0.717, 1.165) is 12.2 Å². The van der Waals surface area contributed by atoms with E-state index >= 15 is 0 Å². The van der Waals surface area contributed by atoms with Crippen LogP contribution < -0.4 is 5.32 Å². The molecule has 1 aromatic carbocycles. The zero-order valence-electron chi connectivity index (χ0n) is 11.3. The Hall–Kier alpha value is -1.18. The van der Waals surface area contributed by atoms with Gasteiger partial charge in [0.1, 0.15) is 0 Å². The number of thiocarbonyl (C=S) groups is 1. The van der Waals surface area contributed by atoms with Crippen molar-refractivity contribution in [3.63, 3.8) is 0 Å². The lowest BCUT2D eigenvalue weighted by Crippen LogP contribution is -2.30. The Kier molecular flexibility index (Phi) is 5.96. The molecule has 0 saturated heterocycles. The fourth-order valence-corrected chi connectivity index (χ4v) is 3.09. The maximum Gasteiger partial charge on any atom is 0.288 e. The van der Waals surface area contributed by atoms with Crippen LogP contribution in [0, 0.1) is 0 Å². The standard InChI is InChI=1S/C14H14F2N2S3/c1-18(9-12-3-2-8-20-12)14(19)17-10-4-6-11(7-5-10)21-13(15)16/h2-8,13H,9H2,1H3,(H,17,19). The molecule has 112 valence electrons. The molecule has 0 unspecified atom stereocenters. The average molecular weight is 344 g/mol. The van der Waals surface area contributed by atoms with Crippen LogP contribution in [0.5, 0.6) is 0 Å². The molecule has 0 fully saturated rings. The van der Waals surface area contributed by atoms with E-state index < -0.39 is 5.76 Å². The lowest BCUT2D eigenvalue weighted by Gasteiger charge is -2.20. The fourth-order valence-electron chi connectivity index (χ4n) is 1.65. The van der Waals surface area contributed by atoms with Gasteiger partial charge in [-0.1, -0.05) is 17.8 Å². The molecule has 2 nitrogen and oxygen atoms in total. The maximum absolute atomic E-state index is 12.2. The number of hydrogen-bond acceptors (Lipinski definition) is 3. The highest BCUT2D eigenvalue weighted by molar-refractivity contribution is 7.99. The Bertz CT molecular complexity index is 570. The first-order chi connectivity index (χ1) is 10.0. The van der Waals surface area contributed by atoms with Crippen molar-refractivity contribution in [3.8, 4) is 0 Å². The number of nitrogens with zero attached hydrogens (tertiary/aromatic N) is 1. The Morgan fingerprint density at radius 3 is 2.62 bits per heavy atom. The molecule has 0 atom stereocenters. The summed E-state index contributed by atoms with van der Waals surface area (Å²) in [6.45, 7) is 0.739. The second kappa shape index (κ2) is 7.72. The van der Waals surface area contributed by atoms with Crippen LogP contribution in [0.4, 0.5) is 14.5 Å². The summed E-state index contributed by atoms with van der Waals surface area (Å²) in [5.74, 6) is -2.40. The number of nitrogens with one attached hydrogen (secondary N) is 1. The lowest BCUT2D eigenvalue weighted by atomic mass is 10.3. The number of benzene rings is 1. The quantitative estimate of drug-likeness (QED) is 0.613. The summed E-state index contributed by atoms with van der Waals surface area (Å²) >= 11 is 7.54. The zero-order chi connectivity index (χ0) is 15.2. The summed E-state index contributed by atoms with van der Waals surface area (Å²) in [7, 11) is 1.91. The van der Waals surface area contributed by atoms with Crippen molar-refractivity contribution in [2.45, 2.75) is 17.2 Å². The normalized spacial score (nSPS) is 10.7. The van der Waals surface area contributed by atoms with E-state index in [1.165, 1.54) is 4.88 Å². The van der Waals surface area contributed by atoms with Gasteiger partial charge in [-0.2, -0.15) is 8.78 Å². The van der Waals surface area contributed by atoms with Crippen molar-refractivity contribution < 1.29 is 8.78 Å². The molecule has 2 rings (SSSR count). The van der Waals surface area contributed by atoms with Gasteiger partial charge in [-0.3, -0.25) is 0 Å². The van der Waals surface area contributed by atoms with Crippen molar-refractivity contribution in [2.75, 3.05) is 12.4 Å². The second-order valence-corrected chi connectivity index (χ2v) is 6.75. The molecule has 0 aliphatic heterocycles. The van der Waals surface area contributed by atoms with E-state index in [9.17, 15) is 8.78 Å². The van der Waals surface area contributed by atoms with Gasteiger partial charge in [0.2, 0.25) is 0 Å². The van der Waals surface area contributed by atoms with Crippen LogP contribution in [-0.2, 0) is 6.54 Å². The summed E-state index contributed by atoms with van der Waals surface area (Å²) in [4.78, 5) is 3.70. The first-order valence-corrected chi connectivity index (χ1v) is 8.31. The van der Waals surface area contributed by atoms with E-state index in [1.807, 2.05) is 23.4 Å². The van der Waals surface area contributed by atoms with Gasteiger partial charge in [-0.15, -0.1) is 11.3 Å². The van der Waals surface area contributed by atoms with Gasteiger partial charge in [0, 0.05) is 22.5 Å². The first kappa shape index (κ1) is 16.2. The smallest absolute Gasteiger partial charge is 0.288 e. The largest absolute Gasteiger partial charge is 0.347 e. The molecule has 2 aromatic rings. The van der Waals surface area contributed by atoms with E-state index in [4.69, 9.17) is 12.2 Å². The minimum atomic E-state index is -2.40. The van der Waals surface area contributed by atoms with Crippen molar-refractivity contribution in [1.82, 2.24) is 4.90 Å².